The van der Waals surface area contributed by atoms with E-state index < -0.39 is 5.60 Å². The van der Waals surface area contributed by atoms with Crippen LogP contribution in [0.1, 0.15) is 26.3 Å². The summed E-state index contributed by atoms with van der Waals surface area (Å²) in [5.41, 5.74) is 0.841. The molecule has 20 heavy (non-hydrogen) atoms. The third-order valence-corrected chi connectivity index (χ3v) is 3.58. The summed E-state index contributed by atoms with van der Waals surface area (Å²) < 4.78 is 5.20. The summed E-state index contributed by atoms with van der Waals surface area (Å²) >= 11 is 7.65. The maximum absolute atomic E-state index is 11.4. The number of thioether (sulfide) groups is 1. The molecule has 0 unspecified atom stereocenters. The zero-order valence-electron chi connectivity index (χ0n) is 12.2. The first-order valence-corrected chi connectivity index (χ1v) is 8.15. The molecule has 0 saturated carbocycles. The number of carbonyl (C=O) groups excluding carboxylic acids is 1. The minimum Gasteiger partial charge on any atom is -0.459 e. The maximum Gasteiger partial charge on any atom is 0.320 e. The van der Waals surface area contributed by atoms with Gasteiger partial charge in [-0.1, -0.05) is 23.7 Å². The smallest absolute Gasteiger partial charge is 0.320 e. The molecule has 1 N–H and O–H groups in total. The van der Waals surface area contributed by atoms with Crippen LogP contribution in [0.25, 0.3) is 0 Å². The zero-order chi connectivity index (χ0) is 15.0. The van der Waals surface area contributed by atoms with E-state index in [-0.39, 0.29) is 12.5 Å². The number of benzene rings is 1. The largest absolute Gasteiger partial charge is 0.459 e. The average Bonchev–Trinajstić information content (AvgIpc) is 2.33. The minimum atomic E-state index is -0.415. The summed E-state index contributed by atoms with van der Waals surface area (Å²) in [6.45, 7) is 6.66. The quantitative estimate of drug-likeness (QED) is 0.617. The predicted molar refractivity (Wildman–Crippen MR) is 86.3 cm³/mol. The van der Waals surface area contributed by atoms with E-state index in [1.165, 1.54) is 5.56 Å². The molecular weight excluding hydrogens is 294 g/mol. The minimum absolute atomic E-state index is 0.208. The Morgan fingerprint density at radius 2 is 1.95 bits per heavy atom. The van der Waals surface area contributed by atoms with Crippen molar-refractivity contribution in [3.8, 4) is 0 Å². The topological polar surface area (TPSA) is 38.3 Å². The summed E-state index contributed by atoms with van der Waals surface area (Å²) in [6, 6.07) is 7.86. The summed E-state index contributed by atoms with van der Waals surface area (Å²) in [4.78, 5) is 11.4. The second-order valence-corrected chi connectivity index (χ2v) is 6.98. The number of hydrogen-bond acceptors (Lipinski definition) is 4. The van der Waals surface area contributed by atoms with Gasteiger partial charge in [-0.2, -0.15) is 11.8 Å². The molecule has 0 spiro atoms. The molecule has 0 fully saturated rings. The second kappa shape index (κ2) is 8.55. The molecule has 0 aliphatic carbocycles. The predicted octanol–water partition coefficient (Wildman–Crippen LogP) is 3.50. The van der Waals surface area contributed by atoms with Crippen LogP contribution in [0, 0.1) is 0 Å². The van der Waals surface area contributed by atoms with Gasteiger partial charge in [-0.25, -0.2) is 0 Å². The van der Waals surface area contributed by atoms with Gasteiger partial charge in [0.15, 0.2) is 0 Å². The Kier molecular flexibility index (Phi) is 7.41. The fourth-order valence-corrected chi connectivity index (χ4v) is 2.47. The normalized spacial score (nSPS) is 11.4. The van der Waals surface area contributed by atoms with Crippen LogP contribution in [0.15, 0.2) is 24.3 Å². The number of ether oxygens (including phenoxy) is 1. The van der Waals surface area contributed by atoms with Crippen LogP contribution in [-0.4, -0.2) is 30.4 Å². The van der Waals surface area contributed by atoms with E-state index in [0.717, 1.165) is 23.1 Å². The van der Waals surface area contributed by atoms with Crippen molar-refractivity contribution in [3.63, 3.8) is 0 Å². The molecule has 1 aromatic rings. The lowest BCUT2D eigenvalue weighted by Gasteiger charge is -2.19. The van der Waals surface area contributed by atoms with Crippen molar-refractivity contribution in [2.24, 2.45) is 0 Å². The van der Waals surface area contributed by atoms with E-state index in [1.807, 2.05) is 56.8 Å². The van der Waals surface area contributed by atoms with Crippen molar-refractivity contribution >= 4 is 29.3 Å². The molecule has 0 bridgehead atoms. The van der Waals surface area contributed by atoms with Gasteiger partial charge in [0.05, 0.1) is 6.54 Å². The average molecular weight is 316 g/mol. The van der Waals surface area contributed by atoms with Gasteiger partial charge in [-0.05, 0) is 38.5 Å². The molecule has 1 rings (SSSR count). The van der Waals surface area contributed by atoms with Gasteiger partial charge in [-0.15, -0.1) is 0 Å². The van der Waals surface area contributed by atoms with Crippen LogP contribution < -0.4 is 5.32 Å². The SMILES string of the molecule is CC(C)(C)OC(=O)CNCCSCc1ccc(Cl)cc1. The molecule has 0 heterocycles. The Morgan fingerprint density at radius 1 is 1.30 bits per heavy atom. The summed E-state index contributed by atoms with van der Waals surface area (Å²) in [7, 11) is 0. The van der Waals surface area contributed by atoms with Crippen molar-refractivity contribution < 1.29 is 9.53 Å². The highest BCUT2D eigenvalue weighted by atomic mass is 35.5. The highest BCUT2D eigenvalue weighted by molar-refractivity contribution is 7.98. The van der Waals surface area contributed by atoms with Gasteiger partial charge in [0.2, 0.25) is 0 Å². The van der Waals surface area contributed by atoms with Crippen molar-refractivity contribution in [2.45, 2.75) is 32.1 Å². The monoisotopic (exact) mass is 315 g/mol. The van der Waals surface area contributed by atoms with Gasteiger partial charge in [0, 0.05) is 23.1 Å². The first kappa shape index (κ1) is 17.3. The van der Waals surface area contributed by atoms with E-state index in [2.05, 4.69) is 5.32 Å². The molecule has 0 amide bonds. The van der Waals surface area contributed by atoms with Gasteiger partial charge in [0.25, 0.3) is 0 Å². The fourth-order valence-electron chi connectivity index (χ4n) is 1.48. The van der Waals surface area contributed by atoms with E-state index in [4.69, 9.17) is 16.3 Å². The first-order valence-electron chi connectivity index (χ1n) is 6.61. The summed E-state index contributed by atoms with van der Waals surface area (Å²) in [5, 5.41) is 3.85. The first-order chi connectivity index (χ1) is 9.37. The van der Waals surface area contributed by atoms with Crippen LogP contribution in [-0.2, 0) is 15.3 Å². The summed E-state index contributed by atoms with van der Waals surface area (Å²) in [5.74, 6) is 1.69. The van der Waals surface area contributed by atoms with E-state index >= 15 is 0 Å². The molecule has 112 valence electrons. The van der Waals surface area contributed by atoms with Gasteiger partial charge >= 0.3 is 5.97 Å². The van der Waals surface area contributed by atoms with Crippen molar-refractivity contribution in [2.75, 3.05) is 18.8 Å². The van der Waals surface area contributed by atoms with Crippen molar-refractivity contribution in [3.05, 3.63) is 34.9 Å². The van der Waals surface area contributed by atoms with Gasteiger partial charge < -0.3 is 10.1 Å². The number of nitrogens with one attached hydrogen (secondary N) is 1. The number of esters is 1. The highest BCUT2D eigenvalue weighted by Gasteiger charge is 2.15. The number of rotatable bonds is 7. The maximum atomic E-state index is 11.4. The highest BCUT2D eigenvalue weighted by Crippen LogP contribution is 2.14. The van der Waals surface area contributed by atoms with Crippen LogP contribution in [0.5, 0.6) is 0 Å². The Labute approximate surface area is 130 Å². The lowest BCUT2D eigenvalue weighted by molar-refractivity contribution is -0.153. The standard InChI is InChI=1S/C15H22ClNO2S/c1-15(2,3)19-14(18)10-17-8-9-20-11-12-4-6-13(16)7-5-12/h4-7,17H,8-11H2,1-3H3. The fraction of sp³-hybridized carbons (Fsp3) is 0.533. The van der Waals surface area contributed by atoms with Crippen molar-refractivity contribution in [1.29, 1.82) is 0 Å². The van der Waals surface area contributed by atoms with E-state index in [0.29, 0.717) is 0 Å². The van der Waals surface area contributed by atoms with Crippen LogP contribution >= 0.6 is 23.4 Å². The van der Waals surface area contributed by atoms with E-state index in [1.54, 1.807) is 0 Å². The molecule has 0 aliphatic rings. The van der Waals surface area contributed by atoms with E-state index in [9.17, 15) is 4.79 Å². The molecule has 0 aliphatic heterocycles. The van der Waals surface area contributed by atoms with Gasteiger partial charge in [-0.3, -0.25) is 4.79 Å². The molecule has 5 heteroatoms. The van der Waals surface area contributed by atoms with Crippen LogP contribution in [0.4, 0.5) is 0 Å². The Hall–Kier alpha value is -0.710. The number of carbonyl (C=O) groups is 1. The molecule has 0 aromatic heterocycles. The molecular formula is C15H22ClNO2S. The number of hydrogen-bond donors (Lipinski definition) is 1. The van der Waals surface area contributed by atoms with Gasteiger partial charge in [0.1, 0.15) is 5.60 Å². The third kappa shape index (κ3) is 8.46. The molecule has 0 radical (unpaired) electrons. The Balaban J connectivity index is 2.05. The third-order valence-electron chi connectivity index (χ3n) is 2.29. The second-order valence-electron chi connectivity index (χ2n) is 5.44. The lowest BCUT2D eigenvalue weighted by atomic mass is 10.2. The summed E-state index contributed by atoms with van der Waals surface area (Å²) in [6.07, 6.45) is 0. The van der Waals surface area contributed by atoms with Crippen LogP contribution in [0.3, 0.4) is 0 Å². The molecule has 0 saturated heterocycles. The molecule has 1 aromatic carbocycles. The molecule has 3 nitrogen and oxygen atoms in total. The van der Waals surface area contributed by atoms with Crippen LogP contribution in [0.2, 0.25) is 5.02 Å². The zero-order valence-corrected chi connectivity index (χ0v) is 13.8. The molecule has 0 atom stereocenters. The van der Waals surface area contributed by atoms with Crippen molar-refractivity contribution in [1.82, 2.24) is 5.32 Å². The Morgan fingerprint density at radius 3 is 2.55 bits per heavy atom. The number of halogens is 1. The Bertz CT molecular complexity index is 415. The lowest BCUT2D eigenvalue weighted by Crippen LogP contribution is -2.32.